The van der Waals surface area contributed by atoms with Gasteiger partial charge in [-0.15, -0.1) is 0 Å². The lowest BCUT2D eigenvalue weighted by Gasteiger charge is -2.21. The van der Waals surface area contributed by atoms with Crippen molar-refractivity contribution < 1.29 is 80.2 Å². The number of phosphoric acid groups is 2. The fourth-order valence-corrected chi connectivity index (χ4v) is 11.7. The molecule has 602 valence electrons. The number of carbonyl (C=O) groups is 4. The molecule has 0 aliphatic heterocycles. The minimum absolute atomic E-state index is 0.0322. The number of unbranched alkanes of at least 4 members (excludes halogenated alkanes) is 20. The largest absolute Gasteiger partial charge is 0.472 e. The highest BCUT2D eigenvalue weighted by atomic mass is 31.2. The Bertz CT molecular complexity index is 2680. The van der Waals surface area contributed by atoms with Crippen LogP contribution in [-0.4, -0.2) is 96.7 Å². The van der Waals surface area contributed by atoms with Crippen molar-refractivity contribution in [2.45, 2.75) is 316 Å². The van der Waals surface area contributed by atoms with E-state index in [9.17, 15) is 43.2 Å². The van der Waals surface area contributed by atoms with Crippen LogP contribution in [0.4, 0.5) is 0 Å². The second-order valence-electron chi connectivity index (χ2n) is 26.2. The van der Waals surface area contributed by atoms with Crippen LogP contribution in [0.15, 0.2) is 170 Å². The number of phosphoric ester groups is 2. The third kappa shape index (κ3) is 76.6. The summed E-state index contributed by atoms with van der Waals surface area (Å²) in [4.78, 5) is 73.0. The molecule has 0 rings (SSSR count). The van der Waals surface area contributed by atoms with E-state index in [0.717, 1.165) is 161 Å². The van der Waals surface area contributed by atoms with Gasteiger partial charge < -0.3 is 33.8 Å². The number of rotatable bonds is 74. The summed E-state index contributed by atoms with van der Waals surface area (Å²) in [5.41, 5.74) is 0. The van der Waals surface area contributed by atoms with Crippen molar-refractivity contribution >= 4 is 39.5 Å². The zero-order valence-electron chi connectivity index (χ0n) is 65.8. The molecule has 0 radical (unpaired) electrons. The Labute approximate surface area is 642 Å². The molecule has 0 saturated heterocycles. The van der Waals surface area contributed by atoms with Crippen LogP contribution in [0.3, 0.4) is 0 Å². The van der Waals surface area contributed by atoms with Crippen LogP contribution in [0.5, 0.6) is 0 Å². The first-order chi connectivity index (χ1) is 51.7. The summed E-state index contributed by atoms with van der Waals surface area (Å²) in [5, 5.41) is 10.6. The first-order valence-electron chi connectivity index (χ1n) is 40.4. The van der Waals surface area contributed by atoms with Gasteiger partial charge in [0, 0.05) is 25.7 Å². The fourth-order valence-electron chi connectivity index (χ4n) is 10.2. The van der Waals surface area contributed by atoms with Gasteiger partial charge in [-0.05, 0) is 141 Å². The Balaban J connectivity index is 5.46. The molecule has 0 aliphatic rings. The summed E-state index contributed by atoms with van der Waals surface area (Å²) in [6, 6.07) is 0. The number of hydrogen-bond acceptors (Lipinski definition) is 15. The first-order valence-corrected chi connectivity index (χ1v) is 43.4. The van der Waals surface area contributed by atoms with Crippen molar-refractivity contribution in [3.8, 4) is 0 Å². The summed E-state index contributed by atoms with van der Waals surface area (Å²) in [6.45, 7) is 4.39. The van der Waals surface area contributed by atoms with Crippen LogP contribution in [-0.2, 0) is 65.4 Å². The second-order valence-corrected chi connectivity index (χ2v) is 29.1. The molecule has 0 fully saturated rings. The van der Waals surface area contributed by atoms with E-state index in [0.29, 0.717) is 32.1 Å². The normalized spacial score (nSPS) is 14.7. The summed E-state index contributed by atoms with van der Waals surface area (Å²) in [7, 11) is -10.0. The van der Waals surface area contributed by atoms with E-state index in [1.807, 2.05) is 18.2 Å². The van der Waals surface area contributed by atoms with Crippen molar-refractivity contribution in [2.24, 2.45) is 0 Å². The van der Waals surface area contributed by atoms with E-state index in [4.69, 9.17) is 37.0 Å². The Kier molecular flexibility index (Phi) is 73.5. The van der Waals surface area contributed by atoms with E-state index in [2.05, 4.69) is 180 Å². The number of aliphatic hydroxyl groups is 1. The van der Waals surface area contributed by atoms with Gasteiger partial charge in [0.1, 0.15) is 19.3 Å². The SMILES string of the molecule is CC/C=C\C/C=C\C/C=C\C/C=C\C/C=C\C/C=C\CCC(=O)OCC(COP(=O)(O)OCC(O)COP(=O)(O)OCC(COC(=O)CCCCC/C=C\C/C=C\C/C=C\C/C=C\C/C=C\CC)OC(=O)CCCCCCC/C=C\C/C=C\C/C=C\CC)OC(=O)CCCCCCCCCCCCCCC. The minimum Gasteiger partial charge on any atom is -0.462 e. The van der Waals surface area contributed by atoms with Gasteiger partial charge in [-0.3, -0.25) is 37.3 Å². The molecule has 0 saturated carbocycles. The van der Waals surface area contributed by atoms with Crippen LogP contribution in [0.25, 0.3) is 0 Å². The molecule has 106 heavy (non-hydrogen) atoms. The molecule has 0 bridgehead atoms. The Morgan fingerprint density at radius 1 is 0.274 bits per heavy atom. The number of aliphatic hydroxyl groups excluding tert-OH is 1. The Morgan fingerprint density at radius 2 is 0.509 bits per heavy atom. The van der Waals surface area contributed by atoms with Crippen LogP contribution in [0.1, 0.15) is 297 Å². The molecule has 3 N–H and O–H groups in total. The number of hydrogen-bond donors (Lipinski definition) is 3. The number of carbonyl (C=O) groups excluding carboxylic acids is 4. The quantitative estimate of drug-likeness (QED) is 0.0169. The van der Waals surface area contributed by atoms with E-state index in [1.54, 1.807) is 0 Å². The van der Waals surface area contributed by atoms with Gasteiger partial charge in [0.15, 0.2) is 12.2 Å². The molecule has 19 heteroatoms. The summed E-state index contributed by atoms with van der Waals surface area (Å²) in [5.74, 6) is -2.33. The van der Waals surface area contributed by atoms with Crippen LogP contribution in [0.2, 0.25) is 0 Å². The van der Waals surface area contributed by atoms with Crippen molar-refractivity contribution in [3.63, 3.8) is 0 Å². The van der Waals surface area contributed by atoms with E-state index in [1.165, 1.54) is 51.4 Å². The first kappa shape index (κ1) is 100. The molecule has 0 aliphatic carbocycles. The Morgan fingerprint density at radius 3 is 0.821 bits per heavy atom. The zero-order valence-corrected chi connectivity index (χ0v) is 67.6. The van der Waals surface area contributed by atoms with Gasteiger partial charge in [0.05, 0.1) is 26.4 Å². The maximum absolute atomic E-state index is 13.1. The maximum Gasteiger partial charge on any atom is 0.472 e. The van der Waals surface area contributed by atoms with E-state index < -0.39 is 97.5 Å². The summed E-state index contributed by atoms with van der Waals surface area (Å²) >= 11 is 0. The van der Waals surface area contributed by atoms with Crippen LogP contribution in [0, 0.1) is 0 Å². The zero-order chi connectivity index (χ0) is 77.4. The number of allylic oxidation sites excluding steroid dienone is 28. The smallest absolute Gasteiger partial charge is 0.462 e. The van der Waals surface area contributed by atoms with Crippen molar-refractivity contribution in [3.05, 3.63) is 170 Å². The summed E-state index contributed by atoms with van der Waals surface area (Å²) < 4.78 is 68.5. The van der Waals surface area contributed by atoms with Gasteiger partial charge in [0.2, 0.25) is 0 Å². The predicted octanol–water partition coefficient (Wildman–Crippen LogP) is 23.8. The molecule has 0 heterocycles. The average Bonchev–Trinajstić information content (AvgIpc) is 0.901. The summed E-state index contributed by atoms with van der Waals surface area (Å²) in [6.07, 6.45) is 92.0. The molecule has 0 aromatic heterocycles. The molecular weight excluding hydrogens is 1380 g/mol. The number of esters is 4. The highest BCUT2D eigenvalue weighted by Gasteiger charge is 2.30. The van der Waals surface area contributed by atoms with Crippen LogP contribution < -0.4 is 0 Å². The minimum atomic E-state index is -5.00. The van der Waals surface area contributed by atoms with Gasteiger partial charge in [-0.2, -0.15) is 0 Å². The highest BCUT2D eigenvalue weighted by Crippen LogP contribution is 2.45. The van der Waals surface area contributed by atoms with Gasteiger partial charge in [0.25, 0.3) is 0 Å². The van der Waals surface area contributed by atoms with Gasteiger partial charge >= 0.3 is 39.5 Å². The molecule has 0 aromatic carbocycles. The maximum atomic E-state index is 13.1. The molecule has 0 amide bonds. The molecule has 0 spiro atoms. The molecule has 5 atom stereocenters. The van der Waals surface area contributed by atoms with E-state index in [-0.39, 0.29) is 25.7 Å². The highest BCUT2D eigenvalue weighted by molar-refractivity contribution is 7.47. The fraction of sp³-hybridized carbons (Fsp3) is 0.632. The molecule has 0 aromatic rings. The standard InChI is InChI=1S/C87H142O17P2/c1-5-9-13-17-21-25-29-33-36-38-40-42-45-48-51-55-59-63-67-71-84(89)97-77-82(103-86(91)73-69-65-61-57-53-47-32-28-24-20-16-12-8-4)79-101-105(93,94)99-75-81(88)76-100-106(95,96)102-80-83(104-87(92)74-70-66-62-58-54-50-44-35-31-27-23-19-15-11-7-3)78-98-85(90)72-68-64-60-56-52-49-46-43-41-39-37-34-30-26-22-18-14-10-6-2/h9-11,13-15,21-23,25-27,33-37,40-44,48-49,51-52,59,63,81-83,88H,5-8,12,16-20,24,28-32,38-39,45-47,50,53-58,60-62,64-80H2,1-4H3,(H,93,94)(H,95,96)/b13-9-,14-10-,15-11-,25-21-,26-22-,27-23-,36-33-,37-34-,42-40-,43-41-,44-35-,51-48-,52-49-,63-59-. The van der Waals surface area contributed by atoms with Gasteiger partial charge in [-0.1, -0.05) is 301 Å². The van der Waals surface area contributed by atoms with Crippen molar-refractivity contribution in [2.75, 3.05) is 39.6 Å². The van der Waals surface area contributed by atoms with E-state index >= 15 is 0 Å². The lowest BCUT2D eigenvalue weighted by Crippen LogP contribution is -2.30. The topological polar surface area (TPSA) is 237 Å². The average molecular weight is 1520 g/mol. The third-order valence-electron chi connectivity index (χ3n) is 16.2. The second kappa shape index (κ2) is 77.6. The molecule has 5 unspecified atom stereocenters. The monoisotopic (exact) mass is 1520 g/mol. The lowest BCUT2D eigenvalue weighted by atomic mass is 10.0. The van der Waals surface area contributed by atoms with Crippen molar-refractivity contribution in [1.82, 2.24) is 0 Å². The molecular formula is C87H142O17P2. The number of ether oxygens (including phenoxy) is 4. The predicted molar refractivity (Wildman–Crippen MR) is 436 cm³/mol. The molecule has 17 nitrogen and oxygen atoms in total. The lowest BCUT2D eigenvalue weighted by molar-refractivity contribution is -0.161. The van der Waals surface area contributed by atoms with Crippen LogP contribution >= 0.6 is 15.6 Å². The third-order valence-corrected chi connectivity index (χ3v) is 18.1. The van der Waals surface area contributed by atoms with Crippen molar-refractivity contribution in [1.29, 1.82) is 0 Å². The Hall–Kier alpha value is -5.58. The van der Waals surface area contributed by atoms with Gasteiger partial charge in [-0.25, -0.2) is 9.13 Å².